The van der Waals surface area contributed by atoms with Crippen LogP contribution in [0, 0.1) is 0 Å². The van der Waals surface area contributed by atoms with Gasteiger partial charge in [-0.1, -0.05) is 168 Å². The van der Waals surface area contributed by atoms with Crippen LogP contribution in [0.2, 0.25) is 0 Å². The average molecular weight is 987 g/mol. The van der Waals surface area contributed by atoms with Gasteiger partial charge in [0.1, 0.15) is 60.9 Å². The molecule has 0 amide bonds. The highest BCUT2D eigenvalue weighted by molar-refractivity contribution is 5.59. The molecule has 4 N–H and O–H groups in total. The molecular weight excluding hydrogens is 905 g/mol. The number of fused-ring (bicyclic) bond motifs is 12. The van der Waals surface area contributed by atoms with Gasteiger partial charge in [-0.15, -0.1) is 0 Å². The van der Waals surface area contributed by atoms with E-state index in [0.29, 0.717) is 65.2 Å². The smallest absolute Gasteiger partial charge is 0.126 e. The van der Waals surface area contributed by atoms with E-state index in [9.17, 15) is 10.2 Å². The molecule has 8 heteroatoms. The third-order valence-electron chi connectivity index (χ3n) is 14.5. The van der Waals surface area contributed by atoms with Crippen molar-refractivity contribution in [1.82, 2.24) is 10.6 Å². The molecule has 6 aromatic rings. The molecule has 3 aliphatic rings. The summed E-state index contributed by atoms with van der Waals surface area (Å²) in [6.07, 6.45) is 2.66. The van der Waals surface area contributed by atoms with E-state index in [-0.39, 0.29) is 33.2 Å². The monoisotopic (exact) mass is 987 g/mol. The van der Waals surface area contributed by atoms with Gasteiger partial charge in [0.15, 0.2) is 0 Å². The fourth-order valence-corrected chi connectivity index (χ4v) is 9.97. The lowest BCUT2D eigenvalue weighted by atomic mass is 9.79. The minimum absolute atomic E-state index is 0.212. The highest BCUT2D eigenvalue weighted by Gasteiger charge is 2.29. The van der Waals surface area contributed by atoms with Crippen molar-refractivity contribution in [3.05, 3.63) is 175 Å². The second-order valence-electron chi connectivity index (χ2n) is 24.6. The molecule has 388 valence electrons. The summed E-state index contributed by atoms with van der Waals surface area (Å²) in [6.45, 7) is 31.2. The number of ether oxygens (including phenoxy) is 4. The summed E-state index contributed by atoms with van der Waals surface area (Å²) in [5.74, 6) is 3.71. The number of rotatable bonds is 0. The van der Waals surface area contributed by atoms with Crippen LogP contribution in [-0.4, -0.2) is 49.7 Å². The van der Waals surface area contributed by atoms with Crippen LogP contribution in [0.4, 0.5) is 0 Å². The van der Waals surface area contributed by atoms with Gasteiger partial charge in [0.2, 0.25) is 0 Å². The second kappa shape index (κ2) is 21.9. The van der Waals surface area contributed by atoms with E-state index in [2.05, 4.69) is 167 Å². The van der Waals surface area contributed by atoms with E-state index >= 15 is 0 Å². The molecule has 0 atom stereocenters. The van der Waals surface area contributed by atoms with E-state index in [0.717, 1.165) is 120 Å². The maximum atomic E-state index is 12.8. The summed E-state index contributed by atoms with van der Waals surface area (Å²) in [5, 5.41) is 32.8. The van der Waals surface area contributed by atoms with Crippen molar-refractivity contribution in [3.63, 3.8) is 0 Å². The number of aromatic hydroxyl groups is 2. The van der Waals surface area contributed by atoms with Crippen LogP contribution in [0.25, 0.3) is 0 Å². The van der Waals surface area contributed by atoms with E-state index in [1.807, 2.05) is 24.3 Å². The van der Waals surface area contributed by atoms with Crippen LogP contribution in [0.1, 0.15) is 167 Å². The molecule has 0 unspecified atom stereocenters. The predicted octanol–water partition coefficient (Wildman–Crippen LogP) is 13.5. The summed E-state index contributed by atoms with van der Waals surface area (Å²) in [7, 11) is 0. The number of phenolic OH excluding ortho intramolecular Hbond substituents is 2. The van der Waals surface area contributed by atoms with Gasteiger partial charge in [-0.3, -0.25) is 0 Å². The standard InChI is InChI=1S/C65H82N2O6/c1-62(2,3)52-32-44-28-48-36-54(64(7,8)9)38-50-30-46-34-53(63(4,5)6)35-47(59(46)69)31-51-39-55(65(10,11)12)37-49(29-45(33-52)58(44)68)61(51)73-27-25-71-57-21-16-14-19-43(57)41-67-23-17-22-66-40-42-18-13-15-20-56(42)70-24-26-72-60(48)50/h13-16,18-21,32-39,66-69H,17,22-31,40-41H2,1-12H3. The molecule has 2 heterocycles. The van der Waals surface area contributed by atoms with Gasteiger partial charge in [-0.05, 0) is 120 Å². The molecule has 73 heavy (non-hydrogen) atoms. The summed E-state index contributed by atoms with van der Waals surface area (Å²) in [4.78, 5) is 0. The van der Waals surface area contributed by atoms with Crippen LogP contribution in [0.5, 0.6) is 34.5 Å². The molecule has 0 fully saturated rings. The zero-order valence-electron chi connectivity index (χ0n) is 46.0. The van der Waals surface area contributed by atoms with Crippen molar-refractivity contribution >= 4 is 0 Å². The molecular formula is C65H82N2O6. The van der Waals surface area contributed by atoms with Crippen molar-refractivity contribution in [1.29, 1.82) is 0 Å². The summed E-state index contributed by atoms with van der Waals surface area (Å²) in [5.41, 5.74) is 13.1. The van der Waals surface area contributed by atoms with Crippen LogP contribution >= 0.6 is 0 Å². The molecule has 0 saturated carbocycles. The Hall–Kier alpha value is -5.96. The first-order chi connectivity index (χ1) is 34.5. The molecule has 0 radical (unpaired) electrons. The van der Waals surface area contributed by atoms with Crippen molar-refractivity contribution in [2.45, 2.75) is 150 Å². The minimum Gasteiger partial charge on any atom is -0.507 e. The van der Waals surface area contributed by atoms with Gasteiger partial charge in [-0.25, -0.2) is 0 Å². The number of hydrogen-bond acceptors (Lipinski definition) is 8. The Balaban J connectivity index is 1.36. The summed E-state index contributed by atoms with van der Waals surface area (Å²) >= 11 is 0. The number of benzene rings is 6. The van der Waals surface area contributed by atoms with Crippen molar-refractivity contribution < 1.29 is 29.2 Å². The number of phenols is 2. The summed E-state index contributed by atoms with van der Waals surface area (Å²) in [6, 6.07) is 34.2. The van der Waals surface area contributed by atoms with Crippen molar-refractivity contribution in [2.24, 2.45) is 0 Å². The Kier molecular flexibility index (Phi) is 16.0. The average Bonchev–Trinajstić information content (AvgIpc) is 3.31. The first-order valence-corrected chi connectivity index (χ1v) is 26.6. The third-order valence-corrected chi connectivity index (χ3v) is 14.5. The predicted molar refractivity (Wildman–Crippen MR) is 298 cm³/mol. The molecule has 0 spiro atoms. The quantitative estimate of drug-likeness (QED) is 0.119. The normalized spacial score (nSPS) is 15.7. The Morgan fingerprint density at radius 1 is 0.356 bits per heavy atom. The van der Waals surface area contributed by atoms with Crippen molar-refractivity contribution in [2.75, 3.05) is 39.5 Å². The third kappa shape index (κ3) is 13.1. The lowest BCUT2D eigenvalue weighted by molar-refractivity contribution is 0.213. The highest BCUT2D eigenvalue weighted by atomic mass is 16.5. The Labute approximate surface area is 436 Å². The largest absolute Gasteiger partial charge is 0.507 e. The van der Waals surface area contributed by atoms with Gasteiger partial charge in [0.25, 0.3) is 0 Å². The van der Waals surface area contributed by atoms with Gasteiger partial charge < -0.3 is 39.8 Å². The van der Waals surface area contributed by atoms with Crippen molar-refractivity contribution in [3.8, 4) is 34.5 Å². The first-order valence-electron chi connectivity index (χ1n) is 26.6. The maximum absolute atomic E-state index is 12.8. The van der Waals surface area contributed by atoms with Crippen LogP contribution in [0.15, 0.2) is 97.1 Å². The molecule has 9 rings (SSSR count). The number of nitrogens with one attached hydrogen (secondary N) is 2. The zero-order valence-corrected chi connectivity index (χ0v) is 46.0. The van der Waals surface area contributed by atoms with Crippen LogP contribution < -0.4 is 29.6 Å². The minimum atomic E-state index is -0.219. The number of hydrogen-bond donors (Lipinski definition) is 4. The Bertz CT molecular complexity index is 2610. The summed E-state index contributed by atoms with van der Waals surface area (Å²) < 4.78 is 27.1. The number of para-hydroxylation sites is 2. The van der Waals surface area contributed by atoms with Crippen LogP contribution in [-0.2, 0) is 60.4 Å². The topological polar surface area (TPSA) is 101 Å². The molecule has 6 aromatic carbocycles. The van der Waals surface area contributed by atoms with E-state index in [4.69, 9.17) is 18.9 Å². The van der Waals surface area contributed by atoms with Gasteiger partial charge in [-0.2, -0.15) is 0 Å². The van der Waals surface area contributed by atoms with E-state index < -0.39 is 0 Å². The van der Waals surface area contributed by atoms with Crippen LogP contribution in [0.3, 0.4) is 0 Å². The van der Waals surface area contributed by atoms with Gasteiger partial charge >= 0.3 is 0 Å². The fourth-order valence-electron chi connectivity index (χ4n) is 9.97. The SMILES string of the molecule is CC(C)(C)c1cc2c(O)c(c1)Cc1cc(C(C)(C)C)cc3c1OCCOc1ccccc1CNCCCNCc1ccccc1OCCOc1c(cc(C(C)(C)C)cc1Cc1cc(C(C)(C)C)cc(c1O)C3)C2. The molecule has 0 aromatic heterocycles. The Morgan fingerprint density at radius 3 is 0.932 bits per heavy atom. The van der Waals surface area contributed by atoms with E-state index in [1.165, 1.54) is 0 Å². The van der Waals surface area contributed by atoms with E-state index in [1.54, 1.807) is 0 Å². The molecule has 0 saturated heterocycles. The fraction of sp³-hybridized carbons (Fsp3) is 0.446. The molecule has 1 aliphatic carbocycles. The second-order valence-corrected chi connectivity index (χ2v) is 24.6. The maximum Gasteiger partial charge on any atom is 0.126 e. The molecule has 2 aliphatic heterocycles. The lowest BCUT2D eigenvalue weighted by Crippen LogP contribution is -2.22. The van der Waals surface area contributed by atoms with Gasteiger partial charge in [0, 0.05) is 49.9 Å². The molecule has 10 bridgehead atoms. The van der Waals surface area contributed by atoms with Gasteiger partial charge in [0.05, 0.1) is 0 Å². The first kappa shape index (κ1) is 53.3. The molecule has 8 nitrogen and oxygen atoms in total. The highest BCUT2D eigenvalue weighted by Crippen LogP contribution is 2.44. The lowest BCUT2D eigenvalue weighted by Gasteiger charge is -2.28. The zero-order chi connectivity index (χ0) is 52.3. The Morgan fingerprint density at radius 2 is 0.630 bits per heavy atom.